The number of carbonyl (C=O) groups excluding carboxylic acids is 2. The molecule has 0 aliphatic heterocycles. The number of benzene rings is 1. The van der Waals surface area contributed by atoms with Crippen LogP contribution in [-0.2, 0) is 9.53 Å². The SMILES string of the molecule is COC(=O)c1cccc(NC(=O)CNc2cc(C)on2)c1. The fourth-order valence-electron chi connectivity index (χ4n) is 1.67. The average Bonchev–Trinajstić information content (AvgIpc) is 2.90. The molecule has 0 fully saturated rings. The van der Waals surface area contributed by atoms with Gasteiger partial charge in [-0.25, -0.2) is 4.79 Å². The second kappa shape index (κ2) is 6.56. The zero-order valence-corrected chi connectivity index (χ0v) is 11.7. The zero-order chi connectivity index (χ0) is 15.2. The van der Waals surface area contributed by atoms with E-state index in [1.54, 1.807) is 37.3 Å². The van der Waals surface area contributed by atoms with Gasteiger partial charge >= 0.3 is 5.97 Å². The van der Waals surface area contributed by atoms with Gasteiger partial charge in [0.1, 0.15) is 5.76 Å². The van der Waals surface area contributed by atoms with Crippen LogP contribution < -0.4 is 10.6 Å². The van der Waals surface area contributed by atoms with Gasteiger partial charge in [0.25, 0.3) is 0 Å². The van der Waals surface area contributed by atoms with Crippen molar-refractivity contribution in [2.75, 3.05) is 24.3 Å². The summed E-state index contributed by atoms with van der Waals surface area (Å²) in [6.45, 7) is 1.80. The topological polar surface area (TPSA) is 93.5 Å². The highest BCUT2D eigenvalue weighted by Gasteiger charge is 2.08. The Kier molecular flexibility index (Phi) is 4.55. The molecule has 0 bridgehead atoms. The fourth-order valence-corrected chi connectivity index (χ4v) is 1.67. The largest absolute Gasteiger partial charge is 0.465 e. The van der Waals surface area contributed by atoms with Crippen molar-refractivity contribution in [1.82, 2.24) is 5.16 Å². The number of amides is 1. The molecule has 21 heavy (non-hydrogen) atoms. The van der Waals surface area contributed by atoms with Crippen molar-refractivity contribution in [2.45, 2.75) is 6.92 Å². The molecule has 1 amide bonds. The van der Waals surface area contributed by atoms with Crippen LogP contribution in [0.2, 0.25) is 0 Å². The summed E-state index contributed by atoms with van der Waals surface area (Å²) >= 11 is 0. The van der Waals surface area contributed by atoms with E-state index in [4.69, 9.17) is 4.52 Å². The lowest BCUT2D eigenvalue weighted by molar-refractivity contribution is -0.114. The van der Waals surface area contributed by atoms with E-state index in [1.165, 1.54) is 7.11 Å². The second-order valence-corrected chi connectivity index (χ2v) is 4.30. The van der Waals surface area contributed by atoms with Crippen molar-refractivity contribution in [2.24, 2.45) is 0 Å². The van der Waals surface area contributed by atoms with Crippen LogP contribution in [0.15, 0.2) is 34.9 Å². The number of carbonyl (C=O) groups is 2. The summed E-state index contributed by atoms with van der Waals surface area (Å²) in [6, 6.07) is 8.19. The van der Waals surface area contributed by atoms with Crippen molar-refractivity contribution in [3.8, 4) is 0 Å². The first-order valence-corrected chi connectivity index (χ1v) is 6.24. The molecule has 1 aromatic carbocycles. The third-order valence-corrected chi connectivity index (χ3v) is 2.63. The molecule has 7 nitrogen and oxygen atoms in total. The molecule has 1 heterocycles. The number of aryl methyl sites for hydroxylation is 1. The van der Waals surface area contributed by atoms with Crippen molar-refractivity contribution >= 4 is 23.4 Å². The Morgan fingerprint density at radius 2 is 2.14 bits per heavy atom. The van der Waals surface area contributed by atoms with Crippen LogP contribution in [0.25, 0.3) is 0 Å². The van der Waals surface area contributed by atoms with Crippen LogP contribution in [0.1, 0.15) is 16.1 Å². The number of ether oxygens (including phenoxy) is 1. The number of aromatic nitrogens is 1. The zero-order valence-electron chi connectivity index (χ0n) is 11.7. The van der Waals surface area contributed by atoms with Crippen LogP contribution in [0, 0.1) is 6.92 Å². The second-order valence-electron chi connectivity index (χ2n) is 4.30. The smallest absolute Gasteiger partial charge is 0.337 e. The van der Waals surface area contributed by atoms with E-state index in [9.17, 15) is 9.59 Å². The van der Waals surface area contributed by atoms with Gasteiger partial charge in [-0.2, -0.15) is 0 Å². The van der Waals surface area contributed by atoms with Crippen molar-refractivity contribution in [3.05, 3.63) is 41.7 Å². The molecule has 1 aromatic heterocycles. The van der Waals surface area contributed by atoms with Gasteiger partial charge in [0, 0.05) is 11.8 Å². The summed E-state index contributed by atoms with van der Waals surface area (Å²) < 4.78 is 9.50. The normalized spacial score (nSPS) is 10.0. The lowest BCUT2D eigenvalue weighted by atomic mass is 10.2. The predicted octanol–water partition coefficient (Wildman–Crippen LogP) is 1.82. The number of rotatable bonds is 5. The maximum atomic E-state index is 11.8. The quantitative estimate of drug-likeness (QED) is 0.815. The Bertz CT molecular complexity index is 651. The summed E-state index contributed by atoms with van der Waals surface area (Å²) in [5.74, 6) is 0.426. The minimum atomic E-state index is -0.456. The minimum absolute atomic E-state index is 0.0361. The van der Waals surface area contributed by atoms with Crippen LogP contribution in [0.4, 0.5) is 11.5 Å². The van der Waals surface area contributed by atoms with Gasteiger partial charge in [0.2, 0.25) is 5.91 Å². The summed E-state index contributed by atoms with van der Waals surface area (Å²) in [6.07, 6.45) is 0. The number of anilines is 2. The third-order valence-electron chi connectivity index (χ3n) is 2.63. The molecular weight excluding hydrogens is 274 g/mol. The van der Waals surface area contributed by atoms with Gasteiger partial charge in [-0.05, 0) is 25.1 Å². The molecule has 0 saturated carbocycles. The van der Waals surface area contributed by atoms with E-state index in [1.807, 2.05) is 0 Å². The van der Waals surface area contributed by atoms with Crippen LogP contribution in [0.5, 0.6) is 0 Å². The molecule has 2 rings (SSSR count). The van der Waals surface area contributed by atoms with Crippen LogP contribution >= 0.6 is 0 Å². The molecule has 2 N–H and O–H groups in total. The van der Waals surface area contributed by atoms with E-state index in [0.717, 1.165) is 0 Å². The third kappa shape index (κ3) is 4.07. The number of nitrogens with zero attached hydrogens (tertiary/aromatic N) is 1. The lowest BCUT2D eigenvalue weighted by Gasteiger charge is -2.07. The molecule has 0 aliphatic carbocycles. The number of methoxy groups -OCH3 is 1. The highest BCUT2D eigenvalue weighted by Crippen LogP contribution is 2.12. The predicted molar refractivity (Wildman–Crippen MR) is 76.1 cm³/mol. The summed E-state index contributed by atoms with van der Waals surface area (Å²) in [5.41, 5.74) is 0.886. The molecular formula is C14H15N3O4. The van der Waals surface area contributed by atoms with Gasteiger partial charge in [0.05, 0.1) is 19.2 Å². The molecule has 0 radical (unpaired) electrons. The van der Waals surface area contributed by atoms with Crippen molar-refractivity contribution < 1.29 is 18.8 Å². The first-order valence-electron chi connectivity index (χ1n) is 6.24. The summed E-state index contributed by atoms with van der Waals surface area (Å²) in [4.78, 5) is 23.2. The molecule has 0 unspecified atom stereocenters. The molecule has 0 atom stereocenters. The highest BCUT2D eigenvalue weighted by molar-refractivity contribution is 5.96. The van der Waals surface area contributed by atoms with Gasteiger partial charge < -0.3 is 19.9 Å². The fraction of sp³-hybridized carbons (Fsp3) is 0.214. The van der Waals surface area contributed by atoms with Crippen molar-refractivity contribution in [3.63, 3.8) is 0 Å². The molecule has 7 heteroatoms. The standard InChI is InChI=1S/C14H15N3O4/c1-9-6-12(17-21-9)15-8-13(18)16-11-5-3-4-10(7-11)14(19)20-2/h3-7H,8H2,1-2H3,(H,15,17)(H,16,18). The molecule has 0 saturated heterocycles. The minimum Gasteiger partial charge on any atom is -0.465 e. The first kappa shape index (κ1) is 14.6. The Labute approximate surface area is 121 Å². The van der Waals surface area contributed by atoms with E-state index >= 15 is 0 Å². The van der Waals surface area contributed by atoms with Gasteiger partial charge in [0.15, 0.2) is 5.82 Å². The number of esters is 1. The monoisotopic (exact) mass is 289 g/mol. The van der Waals surface area contributed by atoms with Crippen molar-refractivity contribution in [1.29, 1.82) is 0 Å². The number of hydrogen-bond donors (Lipinski definition) is 2. The number of hydrogen-bond acceptors (Lipinski definition) is 6. The summed E-state index contributed by atoms with van der Waals surface area (Å²) in [7, 11) is 1.30. The Balaban J connectivity index is 1.91. The Morgan fingerprint density at radius 3 is 2.81 bits per heavy atom. The van der Waals surface area contributed by atoms with Crippen LogP contribution in [0.3, 0.4) is 0 Å². The molecule has 110 valence electrons. The van der Waals surface area contributed by atoms with Gasteiger partial charge in [-0.15, -0.1) is 0 Å². The lowest BCUT2D eigenvalue weighted by Crippen LogP contribution is -2.22. The first-order chi connectivity index (χ1) is 10.1. The van der Waals surface area contributed by atoms with Gasteiger partial charge in [-0.1, -0.05) is 11.2 Å². The van der Waals surface area contributed by atoms with E-state index in [-0.39, 0.29) is 12.5 Å². The van der Waals surface area contributed by atoms with E-state index < -0.39 is 5.97 Å². The highest BCUT2D eigenvalue weighted by atomic mass is 16.5. The Hall–Kier alpha value is -2.83. The molecule has 2 aromatic rings. The molecule has 0 spiro atoms. The molecule has 0 aliphatic rings. The van der Waals surface area contributed by atoms with Crippen LogP contribution in [-0.4, -0.2) is 30.7 Å². The van der Waals surface area contributed by atoms with Gasteiger partial charge in [-0.3, -0.25) is 4.79 Å². The summed E-state index contributed by atoms with van der Waals surface area (Å²) in [5, 5.41) is 9.21. The van der Waals surface area contributed by atoms with E-state index in [0.29, 0.717) is 22.8 Å². The van der Waals surface area contributed by atoms with E-state index in [2.05, 4.69) is 20.5 Å². The average molecular weight is 289 g/mol. The Morgan fingerprint density at radius 1 is 1.33 bits per heavy atom. The maximum absolute atomic E-state index is 11.8. The maximum Gasteiger partial charge on any atom is 0.337 e. The number of nitrogens with one attached hydrogen (secondary N) is 2.